The zero-order valence-corrected chi connectivity index (χ0v) is 14.9. The van der Waals surface area contributed by atoms with Crippen molar-refractivity contribution in [3.63, 3.8) is 0 Å². The molecule has 0 saturated carbocycles. The molecule has 0 bridgehead atoms. The third kappa shape index (κ3) is 4.45. The molecule has 2 aromatic carbocycles. The predicted octanol–water partition coefficient (Wildman–Crippen LogP) is 4.42. The summed E-state index contributed by atoms with van der Waals surface area (Å²) >= 11 is 0. The second-order valence-corrected chi connectivity index (χ2v) is 6.16. The minimum absolute atomic E-state index is 0.0755. The van der Waals surface area contributed by atoms with Gasteiger partial charge >= 0.3 is 0 Å². The smallest absolute Gasteiger partial charge is 0.251 e. The van der Waals surface area contributed by atoms with E-state index >= 15 is 0 Å². The molecule has 2 N–H and O–H groups in total. The van der Waals surface area contributed by atoms with E-state index in [2.05, 4.69) is 20.8 Å². The second kappa shape index (κ2) is 8.25. The highest BCUT2D eigenvalue weighted by Gasteiger charge is 2.09. The summed E-state index contributed by atoms with van der Waals surface area (Å²) in [6.07, 6.45) is 0.896. The Hall–Kier alpha value is -3.21. The fourth-order valence-corrected chi connectivity index (χ4v) is 2.46. The van der Waals surface area contributed by atoms with Crippen LogP contribution in [0.4, 0.5) is 11.5 Å². The highest BCUT2D eigenvalue weighted by atomic mass is 16.1. The van der Waals surface area contributed by atoms with Crippen LogP contribution in [0.1, 0.15) is 30.6 Å². The van der Waals surface area contributed by atoms with Gasteiger partial charge in [-0.25, -0.2) is 0 Å². The van der Waals surface area contributed by atoms with Crippen LogP contribution >= 0.6 is 0 Å². The lowest BCUT2D eigenvalue weighted by molar-refractivity contribution is 0.0939. The van der Waals surface area contributed by atoms with Gasteiger partial charge in [-0.3, -0.25) is 4.79 Å². The van der Waals surface area contributed by atoms with E-state index in [9.17, 15) is 4.79 Å². The van der Waals surface area contributed by atoms with Gasteiger partial charge in [0.25, 0.3) is 5.91 Å². The zero-order valence-electron chi connectivity index (χ0n) is 14.9. The number of amides is 1. The summed E-state index contributed by atoms with van der Waals surface area (Å²) in [5.74, 6) is 0.553. The molecule has 1 amide bonds. The van der Waals surface area contributed by atoms with Crippen LogP contribution in [0.2, 0.25) is 0 Å². The summed E-state index contributed by atoms with van der Waals surface area (Å²) in [7, 11) is 0. The van der Waals surface area contributed by atoms with Crippen LogP contribution < -0.4 is 10.6 Å². The summed E-state index contributed by atoms with van der Waals surface area (Å²) < 4.78 is 0. The molecular formula is C21H22N4O. The molecule has 0 aliphatic rings. The van der Waals surface area contributed by atoms with Crippen molar-refractivity contribution in [1.29, 1.82) is 0 Å². The zero-order chi connectivity index (χ0) is 18.4. The molecule has 5 heteroatoms. The number of benzene rings is 2. The van der Waals surface area contributed by atoms with E-state index in [1.165, 1.54) is 0 Å². The quantitative estimate of drug-likeness (QED) is 0.693. The van der Waals surface area contributed by atoms with Crippen LogP contribution in [0.3, 0.4) is 0 Å². The van der Waals surface area contributed by atoms with Crippen LogP contribution in [-0.4, -0.2) is 22.1 Å². The van der Waals surface area contributed by atoms with Crippen molar-refractivity contribution in [2.75, 3.05) is 5.32 Å². The Balaban J connectivity index is 1.71. The molecule has 3 rings (SSSR count). The number of aromatic nitrogens is 2. The molecule has 5 nitrogen and oxygen atoms in total. The van der Waals surface area contributed by atoms with Crippen LogP contribution in [0.25, 0.3) is 11.3 Å². The molecule has 0 radical (unpaired) electrons. The van der Waals surface area contributed by atoms with Gasteiger partial charge in [0, 0.05) is 22.9 Å². The standard InChI is InChI=1S/C21H22N4O/c1-3-15(2)22-21(26)17-10-7-11-18(14-17)23-20-13-12-19(24-25-20)16-8-5-4-6-9-16/h4-15H,3H2,1-2H3,(H,22,26)(H,23,25)/t15-/m0/s1. The summed E-state index contributed by atoms with van der Waals surface area (Å²) in [5, 5.41) is 14.6. The summed E-state index contributed by atoms with van der Waals surface area (Å²) in [4.78, 5) is 12.3. The van der Waals surface area contributed by atoms with E-state index in [1.54, 1.807) is 6.07 Å². The SMILES string of the molecule is CC[C@H](C)NC(=O)c1cccc(Nc2ccc(-c3ccccc3)nn2)c1. The lowest BCUT2D eigenvalue weighted by Crippen LogP contribution is -2.31. The lowest BCUT2D eigenvalue weighted by Gasteiger charge is -2.12. The molecular weight excluding hydrogens is 324 g/mol. The third-order valence-electron chi connectivity index (χ3n) is 4.12. The Bertz CT molecular complexity index is 863. The fourth-order valence-electron chi connectivity index (χ4n) is 2.46. The topological polar surface area (TPSA) is 66.9 Å². The van der Waals surface area contributed by atoms with Gasteiger partial charge in [0.05, 0.1) is 5.69 Å². The van der Waals surface area contributed by atoms with Crippen LogP contribution in [-0.2, 0) is 0 Å². The van der Waals surface area contributed by atoms with E-state index in [4.69, 9.17) is 0 Å². The molecule has 0 aliphatic carbocycles. The normalized spacial score (nSPS) is 11.6. The van der Waals surface area contributed by atoms with Gasteiger partial charge in [0.1, 0.15) is 0 Å². The Morgan fingerprint density at radius 1 is 1.00 bits per heavy atom. The van der Waals surface area contributed by atoms with Crippen molar-refractivity contribution >= 4 is 17.4 Å². The first-order valence-electron chi connectivity index (χ1n) is 8.73. The minimum atomic E-state index is -0.0755. The van der Waals surface area contributed by atoms with E-state index in [1.807, 2.05) is 74.5 Å². The minimum Gasteiger partial charge on any atom is -0.350 e. The van der Waals surface area contributed by atoms with Gasteiger partial charge < -0.3 is 10.6 Å². The first-order valence-corrected chi connectivity index (χ1v) is 8.73. The average molecular weight is 346 g/mol. The summed E-state index contributed by atoms with van der Waals surface area (Å²) in [6, 6.07) is 21.2. The molecule has 26 heavy (non-hydrogen) atoms. The molecule has 0 saturated heterocycles. The lowest BCUT2D eigenvalue weighted by atomic mass is 10.1. The van der Waals surface area contributed by atoms with E-state index in [0.29, 0.717) is 11.4 Å². The van der Waals surface area contributed by atoms with Crippen molar-refractivity contribution in [3.05, 3.63) is 72.3 Å². The average Bonchev–Trinajstić information content (AvgIpc) is 2.69. The number of nitrogens with zero attached hydrogens (tertiary/aromatic N) is 2. The number of anilines is 2. The number of rotatable bonds is 6. The van der Waals surface area contributed by atoms with Gasteiger partial charge in [0.15, 0.2) is 5.82 Å². The third-order valence-corrected chi connectivity index (χ3v) is 4.12. The molecule has 0 aliphatic heterocycles. The Labute approximate surface area is 153 Å². The van der Waals surface area contributed by atoms with Gasteiger partial charge in [-0.15, -0.1) is 10.2 Å². The first-order chi connectivity index (χ1) is 12.7. The number of nitrogens with one attached hydrogen (secondary N) is 2. The highest BCUT2D eigenvalue weighted by molar-refractivity contribution is 5.95. The first kappa shape index (κ1) is 17.6. The maximum Gasteiger partial charge on any atom is 0.251 e. The summed E-state index contributed by atoms with van der Waals surface area (Å²) in [6.45, 7) is 4.03. The fraction of sp³-hybridized carbons (Fsp3) is 0.190. The Kier molecular flexibility index (Phi) is 5.59. The van der Waals surface area contributed by atoms with Crippen LogP contribution in [0.15, 0.2) is 66.7 Å². The van der Waals surface area contributed by atoms with Gasteiger partial charge in [0.2, 0.25) is 0 Å². The molecule has 0 spiro atoms. The van der Waals surface area contributed by atoms with Crippen molar-refractivity contribution in [2.45, 2.75) is 26.3 Å². The number of carbonyl (C=O) groups excluding carboxylic acids is 1. The Morgan fingerprint density at radius 3 is 2.50 bits per heavy atom. The predicted molar refractivity (Wildman–Crippen MR) is 104 cm³/mol. The monoisotopic (exact) mass is 346 g/mol. The largest absolute Gasteiger partial charge is 0.350 e. The van der Waals surface area contributed by atoms with Crippen LogP contribution in [0.5, 0.6) is 0 Å². The van der Waals surface area contributed by atoms with E-state index < -0.39 is 0 Å². The van der Waals surface area contributed by atoms with Crippen molar-refractivity contribution in [1.82, 2.24) is 15.5 Å². The number of hydrogen-bond donors (Lipinski definition) is 2. The molecule has 1 aromatic heterocycles. The highest BCUT2D eigenvalue weighted by Crippen LogP contribution is 2.19. The van der Waals surface area contributed by atoms with Gasteiger partial charge in [-0.1, -0.05) is 43.3 Å². The molecule has 0 fully saturated rings. The molecule has 1 atom stereocenters. The summed E-state index contributed by atoms with van der Waals surface area (Å²) in [5.41, 5.74) is 3.25. The van der Waals surface area contributed by atoms with Crippen molar-refractivity contribution < 1.29 is 4.79 Å². The van der Waals surface area contributed by atoms with Crippen molar-refractivity contribution in [3.8, 4) is 11.3 Å². The van der Waals surface area contributed by atoms with Gasteiger partial charge in [-0.05, 0) is 43.7 Å². The van der Waals surface area contributed by atoms with Gasteiger partial charge in [-0.2, -0.15) is 0 Å². The van der Waals surface area contributed by atoms with E-state index in [-0.39, 0.29) is 11.9 Å². The number of carbonyl (C=O) groups is 1. The molecule has 3 aromatic rings. The molecule has 0 unspecified atom stereocenters. The Morgan fingerprint density at radius 2 is 1.81 bits per heavy atom. The van der Waals surface area contributed by atoms with E-state index in [0.717, 1.165) is 23.4 Å². The maximum atomic E-state index is 12.3. The van der Waals surface area contributed by atoms with Crippen LogP contribution in [0, 0.1) is 0 Å². The molecule has 132 valence electrons. The second-order valence-electron chi connectivity index (χ2n) is 6.16. The number of hydrogen-bond acceptors (Lipinski definition) is 4. The molecule has 1 heterocycles. The van der Waals surface area contributed by atoms with Crippen molar-refractivity contribution in [2.24, 2.45) is 0 Å². The maximum absolute atomic E-state index is 12.3.